The minimum absolute atomic E-state index is 0.523. The molecule has 0 bridgehead atoms. The molecule has 0 fully saturated rings. The van der Waals surface area contributed by atoms with Gasteiger partial charge in [0, 0.05) is 19.5 Å². The van der Waals surface area contributed by atoms with Crippen LogP contribution >= 0.6 is 39.5 Å². The molecule has 0 saturated heterocycles. The van der Waals surface area contributed by atoms with Gasteiger partial charge >= 0.3 is 7.60 Å². The fraction of sp³-hybridized carbons (Fsp3) is 1.00. The monoisotopic (exact) mass is 322 g/mol. The molecule has 0 aliphatic rings. The second kappa shape index (κ2) is 5.11. The average molecular weight is 324 g/mol. The zero-order valence-corrected chi connectivity index (χ0v) is 11.4. The van der Waals surface area contributed by atoms with E-state index in [0.717, 1.165) is 0 Å². The molecule has 1 atom stereocenters. The van der Waals surface area contributed by atoms with Crippen molar-refractivity contribution in [3.8, 4) is 0 Å². The summed E-state index contributed by atoms with van der Waals surface area (Å²) in [6.07, 6.45) is 0.664. The largest absolute Gasteiger partial charge is 0.347 e. The summed E-state index contributed by atoms with van der Waals surface area (Å²) in [6, 6.07) is 0. The van der Waals surface area contributed by atoms with E-state index in [4.69, 9.17) is 9.05 Å². The zero-order chi connectivity index (χ0) is 9.83. The molecule has 0 rings (SSSR count). The van der Waals surface area contributed by atoms with Gasteiger partial charge < -0.3 is 9.05 Å². The van der Waals surface area contributed by atoms with Crippen molar-refractivity contribution in [2.24, 2.45) is 0 Å². The summed E-state index contributed by atoms with van der Waals surface area (Å²) in [7, 11) is -0.258. The Morgan fingerprint density at radius 3 is 1.92 bits per heavy atom. The Morgan fingerprint density at radius 2 is 1.83 bits per heavy atom. The van der Waals surface area contributed by atoms with E-state index in [1.54, 1.807) is 0 Å². The van der Waals surface area contributed by atoms with E-state index in [2.05, 4.69) is 31.9 Å². The maximum Gasteiger partial charge on any atom is 0.347 e. The standard InChI is InChI=1S/C6H13Br2O3P/c1-4-6(8,5-7)12(9,10-2)11-3/h4-5H2,1-3H3. The van der Waals surface area contributed by atoms with Crippen molar-refractivity contribution in [3.63, 3.8) is 0 Å². The van der Waals surface area contributed by atoms with Crippen LogP contribution in [0.25, 0.3) is 0 Å². The van der Waals surface area contributed by atoms with Gasteiger partial charge in [-0.05, 0) is 6.42 Å². The highest BCUT2D eigenvalue weighted by atomic mass is 79.9. The van der Waals surface area contributed by atoms with Crippen molar-refractivity contribution < 1.29 is 13.6 Å². The summed E-state index contributed by atoms with van der Waals surface area (Å²) in [5.74, 6) is 0. The molecule has 12 heavy (non-hydrogen) atoms. The lowest BCUT2D eigenvalue weighted by Crippen LogP contribution is -2.23. The molecule has 0 saturated carbocycles. The number of rotatable bonds is 5. The third-order valence-electron chi connectivity index (χ3n) is 1.72. The number of hydrogen-bond donors (Lipinski definition) is 0. The molecule has 0 aliphatic heterocycles. The van der Waals surface area contributed by atoms with Gasteiger partial charge in [-0.3, -0.25) is 4.57 Å². The van der Waals surface area contributed by atoms with E-state index in [0.29, 0.717) is 11.8 Å². The number of hydrogen-bond acceptors (Lipinski definition) is 3. The highest BCUT2D eigenvalue weighted by molar-refractivity contribution is 9.13. The first kappa shape index (κ1) is 13.1. The summed E-state index contributed by atoms with van der Waals surface area (Å²) in [4.78, 5) is 0. The highest BCUT2D eigenvalue weighted by Gasteiger charge is 2.45. The van der Waals surface area contributed by atoms with Crippen LogP contribution in [0.3, 0.4) is 0 Å². The van der Waals surface area contributed by atoms with Crippen LogP contribution in [0.5, 0.6) is 0 Å². The zero-order valence-electron chi connectivity index (χ0n) is 7.34. The van der Waals surface area contributed by atoms with Gasteiger partial charge in [-0.15, -0.1) is 0 Å². The average Bonchev–Trinajstić information content (AvgIpc) is 2.15. The van der Waals surface area contributed by atoms with Crippen LogP contribution in [0, 0.1) is 0 Å². The van der Waals surface area contributed by atoms with Crippen molar-refractivity contribution in [1.82, 2.24) is 0 Å². The molecule has 74 valence electrons. The van der Waals surface area contributed by atoms with Crippen molar-refractivity contribution in [3.05, 3.63) is 0 Å². The van der Waals surface area contributed by atoms with E-state index < -0.39 is 11.7 Å². The Bertz CT molecular complexity index is 174. The van der Waals surface area contributed by atoms with Crippen molar-refractivity contribution in [2.45, 2.75) is 17.4 Å². The van der Waals surface area contributed by atoms with Crippen LogP contribution in [0.4, 0.5) is 0 Å². The second-order valence-corrected chi connectivity index (χ2v) is 7.54. The lowest BCUT2D eigenvalue weighted by atomic mass is 10.4. The lowest BCUT2D eigenvalue weighted by Gasteiger charge is -2.29. The molecule has 1 unspecified atom stereocenters. The molecule has 0 heterocycles. The molecule has 0 aromatic rings. The van der Waals surface area contributed by atoms with Gasteiger partial charge in [0.2, 0.25) is 0 Å². The fourth-order valence-corrected chi connectivity index (χ4v) is 4.29. The summed E-state index contributed by atoms with van der Waals surface area (Å²) >= 11 is 6.64. The summed E-state index contributed by atoms with van der Waals surface area (Å²) in [5.41, 5.74) is 0. The Morgan fingerprint density at radius 1 is 1.42 bits per heavy atom. The van der Waals surface area contributed by atoms with Crippen LogP contribution in [0.1, 0.15) is 13.3 Å². The predicted molar refractivity (Wildman–Crippen MR) is 57.4 cm³/mol. The topological polar surface area (TPSA) is 35.5 Å². The van der Waals surface area contributed by atoms with Crippen LogP contribution in [0.15, 0.2) is 0 Å². The Hall–Kier alpha value is 1.11. The molecule has 0 aromatic carbocycles. The van der Waals surface area contributed by atoms with Crippen LogP contribution < -0.4 is 0 Å². The van der Waals surface area contributed by atoms with E-state index >= 15 is 0 Å². The molecular formula is C6H13Br2O3P. The highest BCUT2D eigenvalue weighted by Crippen LogP contribution is 2.64. The second-order valence-electron chi connectivity index (χ2n) is 2.27. The molecule has 0 aliphatic carbocycles. The quantitative estimate of drug-likeness (QED) is 0.575. The van der Waals surface area contributed by atoms with Crippen LogP contribution in [-0.4, -0.2) is 23.6 Å². The Balaban J connectivity index is 4.80. The van der Waals surface area contributed by atoms with Gasteiger partial charge in [0.1, 0.15) is 4.07 Å². The maximum absolute atomic E-state index is 11.9. The minimum Gasteiger partial charge on any atom is -0.311 e. The van der Waals surface area contributed by atoms with Gasteiger partial charge in [-0.1, -0.05) is 38.8 Å². The van der Waals surface area contributed by atoms with Gasteiger partial charge in [0.25, 0.3) is 0 Å². The molecule has 0 amide bonds. The molecule has 0 radical (unpaired) electrons. The molecule has 0 spiro atoms. The van der Waals surface area contributed by atoms with Crippen LogP contribution in [-0.2, 0) is 13.6 Å². The van der Waals surface area contributed by atoms with Crippen molar-refractivity contribution in [2.75, 3.05) is 19.5 Å². The van der Waals surface area contributed by atoms with Crippen molar-refractivity contribution >= 4 is 39.5 Å². The first-order valence-electron chi connectivity index (χ1n) is 3.46. The maximum atomic E-state index is 11.9. The molecule has 0 aromatic heterocycles. The minimum atomic E-state index is -3.03. The van der Waals surface area contributed by atoms with E-state index in [1.807, 2.05) is 6.92 Å². The van der Waals surface area contributed by atoms with Gasteiger partial charge in [-0.2, -0.15) is 0 Å². The first-order chi connectivity index (χ1) is 5.49. The SMILES string of the molecule is CCC(Br)(CBr)P(=O)(OC)OC. The summed E-state index contributed by atoms with van der Waals surface area (Å²) < 4.78 is 21.1. The van der Waals surface area contributed by atoms with Crippen LogP contribution in [0.2, 0.25) is 0 Å². The molecular weight excluding hydrogens is 311 g/mol. The molecule has 0 N–H and O–H groups in total. The smallest absolute Gasteiger partial charge is 0.311 e. The molecule has 6 heteroatoms. The number of alkyl halides is 2. The summed E-state index contributed by atoms with van der Waals surface area (Å²) in [5, 5.41) is 0.523. The predicted octanol–water partition coefficient (Wildman–Crippen LogP) is 3.37. The normalized spacial score (nSPS) is 17.4. The van der Waals surface area contributed by atoms with Gasteiger partial charge in [0.15, 0.2) is 0 Å². The number of halogens is 2. The third-order valence-corrected chi connectivity index (χ3v) is 8.42. The first-order valence-corrected chi connectivity index (χ1v) is 6.92. The van der Waals surface area contributed by atoms with E-state index in [-0.39, 0.29) is 0 Å². The van der Waals surface area contributed by atoms with E-state index in [9.17, 15) is 4.57 Å². The van der Waals surface area contributed by atoms with E-state index in [1.165, 1.54) is 14.2 Å². The third kappa shape index (κ3) is 2.32. The van der Waals surface area contributed by atoms with Gasteiger partial charge in [-0.25, -0.2) is 0 Å². The van der Waals surface area contributed by atoms with Gasteiger partial charge in [0.05, 0.1) is 0 Å². The summed E-state index contributed by atoms with van der Waals surface area (Å²) in [6.45, 7) is 1.92. The Kier molecular flexibility index (Phi) is 5.58. The lowest BCUT2D eigenvalue weighted by molar-refractivity contribution is 0.264. The Labute approximate surface area is 90.0 Å². The fourth-order valence-electron chi connectivity index (χ4n) is 0.763. The molecule has 3 nitrogen and oxygen atoms in total. The van der Waals surface area contributed by atoms with Crippen molar-refractivity contribution in [1.29, 1.82) is 0 Å².